The van der Waals surface area contributed by atoms with Crippen LogP contribution in [0.2, 0.25) is 0 Å². The van der Waals surface area contributed by atoms with E-state index < -0.39 is 11.9 Å². The third kappa shape index (κ3) is 5.15. The Morgan fingerprint density at radius 1 is 0.667 bits per heavy atom. The molecule has 1 aromatic heterocycles. The number of aromatic nitrogens is 3. The molecule has 0 radical (unpaired) electrons. The summed E-state index contributed by atoms with van der Waals surface area (Å²) in [5, 5.41) is 21.3. The van der Waals surface area contributed by atoms with Crippen molar-refractivity contribution in [3.63, 3.8) is 0 Å². The van der Waals surface area contributed by atoms with Gasteiger partial charge in [-0.3, -0.25) is 9.59 Å². The highest BCUT2D eigenvalue weighted by Gasteiger charge is 2.19. The molecule has 2 N–H and O–H groups in total. The number of esters is 2. The Hall–Kier alpha value is -4.79. The van der Waals surface area contributed by atoms with Crippen molar-refractivity contribution in [1.29, 1.82) is 0 Å². The third-order valence-corrected chi connectivity index (χ3v) is 5.42. The molecule has 4 aromatic rings. The van der Waals surface area contributed by atoms with Crippen LogP contribution in [0.25, 0.3) is 34.2 Å². The van der Waals surface area contributed by atoms with Crippen LogP contribution in [0.1, 0.15) is 25.0 Å². The Labute approximate surface area is 207 Å². The van der Waals surface area contributed by atoms with Gasteiger partial charge in [0.25, 0.3) is 0 Å². The summed E-state index contributed by atoms with van der Waals surface area (Å²) < 4.78 is 10.1. The summed E-state index contributed by atoms with van der Waals surface area (Å²) in [7, 11) is 0. The number of aromatic hydroxyl groups is 2. The molecule has 3 aromatic carbocycles. The number of phenolic OH excluding ortho intramolecular Hbond substituents is 2. The van der Waals surface area contributed by atoms with Gasteiger partial charge in [0.1, 0.15) is 23.0 Å². The predicted molar refractivity (Wildman–Crippen MR) is 132 cm³/mol. The van der Waals surface area contributed by atoms with Crippen LogP contribution in [-0.2, 0) is 9.59 Å². The maximum Gasteiger partial charge on any atom is 0.308 e. The van der Waals surface area contributed by atoms with Crippen molar-refractivity contribution >= 4 is 11.9 Å². The number of aryl methyl sites for hydroxylation is 1. The summed E-state index contributed by atoms with van der Waals surface area (Å²) in [6.45, 7) is 6.45. The molecule has 0 fully saturated rings. The van der Waals surface area contributed by atoms with Crippen molar-refractivity contribution in [3.8, 4) is 57.2 Å². The van der Waals surface area contributed by atoms with E-state index >= 15 is 0 Å². The quantitative estimate of drug-likeness (QED) is 0.303. The highest BCUT2D eigenvalue weighted by molar-refractivity contribution is 5.75. The van der Waals surface area contributed by atoms with Crippen LogP contribution >= 0.6 is 0 Å². The van der Waals surface area contributed by atoms with E-state index in [-0.39, 0.29) is 45.8 Å². The van der Waals surface area contributed by atoms with Crippen LogP contribution < -0.4 is 9.47 Å². The van der Waals surface area contributed by atoms with E-state index in [1.807, 2.05) is 32.0 Å². The minimum Gasteiger partial charge on any atom is -0.507 e. The zero-order valence-electron chi connectivity index (χ0n) is 20.1. The first-order valence-corrected chi connectivity index (χ1v) is 11.0. The number of nitrogens with zero attached hydrogens (tertiary/aromatic N) is 3. The Morgan fingerprint density at radius 2 is 1.11 bits per heavy atom. The van der Waals surface area contributed by atoms with Gasteiger partial charge in [-0.1, -0.05) is 18.2 Å². The molecule has 0 saturated carbocycles. The molecule has 0 unspecified atom stereocenters. The van der Waals surface area contributed by atoms with Crippen LogP contribution in [0.15, 0.2) is 54.6 Å². The molecule has 0 aliphatic carbocycles. The summed E-state index contributed by atoms with van der Waals surface area (Å²) >= 11 is 0. The number of rotatable bonds is 5. The molecule has 4 rings (SSSR count). The maximum absolute atomic E-state index is 11.3. The average Bonchev–Trinajstić information content (AvgIpc) is 2.80. The van der Waals surface area contributed by atoms with Crippen LogP contribution in [-0.4, -0.2) is 37.1 Å². The first kappa shape index (κ1) is 24.3. The lowest BCUT2D eigenvalue weighted by Crippen LogP contribution is -2.03. The van der Waals surface area contributed by atoms with E-state index in [2.05, 4.69) is 15.0 Å². The molecule has 0 aliphatic heterocycles. The molecule has 0 spiro atoms. The number of benzene rings is 3. The fourth-order valence-corrected chi connectivity index (χ4v) is 3.59. The number of hydrogen-bond acceptors (Lipinski definition) is 9. The van der Waals surface area contributed by atoms with E-state index in [1.54, 1.807) is 0 Å². The maximum atomic E-state index is 11.3. The predicted octanol–water partition coefficient (Wildman–Crippen LogP) is 4.75. The second-order valence-electron chi connectivity index (χ2n) is 8.10. The zero-order valence-corrected chi connectivity index (χ0v) is 20.1. The monoisotopic (exact) mass is 485 g/mol. The molecule has 0 amide bonds. The van der Waals surface area contributed by atoms with E-state index in [0.29, 0.717) is 5.82 Å². The fraction of sp³-hybridized carbons (Fsp3) is 0.148. The van der Waals surface area contributed by atoms with Gasteiger partial charge < -0.3 is 19.7 Å². The van der Waals surface area contributed by atoms with Crippen LogP contribution in [0.4, 0.5) is 0 Å². The molecule has 0 saturated heterocycles. The van der Waals surface area contributed by atoms with Gasteiger partial charge in [-0.15, -0.1) is 0 Å². The number of carbonyl (C=O) groups is 2. The van der Waals surface area contributed by atoms with E-state index in [1.165, 1.54) is 50.2 Å². The van der Waals surface area contributed by atoms with Gasteiger partial charge in [0, 0.05) is 31.5 Å². The van der Waals surface area contributed by atoms with E-state index in [9.17, 15) is 19.8 Å². The summed E-state index contributed by atoms with van der Waals surface area (Å²) in [5.41, 5.74) is 3.31. The Bertz CT molecular complexity index is 1420. The van der Waals surface area contributed by atoms with Crippen molar-refractivity contribution in [1.82, 2.24) is 15.0 Å². The summed E-state index contributed by atoms with van der Waals surface area (Å²) in [6.07, 6.45) is 0. The summed E-state index contributed by atoms with van der Waals surface area (Å²) in [4.78, 5) is 36.2. The first-order chi connectivity index (χ1) is 17.1. The Balaban J connectivity index is 1.90. The zero-order chi connectivity index (χ0) is 26.0. The molecule has 9 heteroatoms. The lowest BCUT2D eigenvalue weighted by Gasteiger charge is -2.13. The van der Waals surface area contributed by atoms with Gasteiger partial charge in [-0.05, 0) is 49.2 Å². The van der Waals surface area contributed by atoms with Gasteiger partial charge in [-0.25, -0.2) is 15.0 Å². The number of phenols is 2. The molecule has 182 valence electrons. The third-order valence-electron chi connectivity index (χ3n) is 5.42. The molecule has 0 aliphatic rings. The topological polar surface area (TPSA) is 132 Å². The highest BCUT2D eigenvalue weighted by Crippen LogP contribution is 2.36. The van der Waals surface area contributed by atoms with Gasteiger partial charge >= 0.3 is 11.9 Å². The fourth-order valence-electron chi connectivity index (χ4n) is 3.59. The lowest BCUT2D eigenvalue weighted by atomic mass is 10.0. The van der Waals surface area contributed by atoms with Gasteiger partial charge in [0.15, 0.2) is 17.5 Å². The van der Waals surface area contributed by atoms with Crippen molar-refractivity contribution in [2.24, 2.45) is 0 Å². The molecule has 0 bridgehead atoms. The van der Waals surface area contributed by atoms with Gasteiger partial charge in [0.2, 0.25) is 0 Å². The van der Waals surface area contributed by atoms with Gasteiger partial charge in [-0.2, -0.15) is 0 Å². The standard InChI is InChI=1S/C27H23N3O6/c1-14-6-5-7-20(15(14)2)25-28-26(21-10-8-18(12-23(21)33)35-16(3)31)30-27(29-25)22-11-9-19(13-24(22)34)36-17(4)32/h5-13,33-34H,1-4H3. The Morgan fingerprint density at radius 3 is 1.53 bits per heavy atom. The summed E-state index contributed by atoms with van der Waals surface area (Å²) in [5.74, 6) is -0.470. The summed E-state index contributed by atoms with van der Waals surface area (Å²) in [6, 6.07) is 14.4. The lowest BCUT2D eigenvalue weighted by molar-refractivity contribution is -0.132. The van der Waals surface area contributed by atoms with Crippen LogP contribution in [0.3, 0.4) is 0 Å². The smallest absolute Gasteiger partial charge is 0.308 e. The SMILES string of the molecule is CC(=O)Oc1ccc(-c2nc(-c3ccc(OC(C)=O)cc3O)nc(-c3cccc(C)c3C)n2)c(O)c1. The largest absolute Gasteiger partial charge is 0.507 e. The Kier molecular flexibility index (Phi) is 6.64. The van der Waals surface area contributed by atoms with E-state index in [0.717, 1.165) is 16.7 Å². The van der Waals surface area contributed by atoms with E-state index in [4.69, 9.17) is 9.47 Å². The van der Waals surface area contributed by atoms with Crippen molar-refractivity contribution in [2.45, 2.75) is 27.7 Å². The molecule has 36 heavy (non-hydrogen) atoms. The normalized spacial score (nSPS) is 10.7. The second kappa shape index (κ2) is 9.83. The average molecular weight is 485 g/mol. The highest BCUT2D eigenvalue weighted by atomic mass is 16.5. The van der Waals surface area contributed by atoms with Crippen LogP contribution in [0, 0.1) is 13.8 Å². The molecule has 1 heterocycles. The number of ether oxygens (including phenoxy) is 2. The van der Waals surface area contributed by atoms with Crippen molar-refractivity contribution in [3.05, 3.63) is 65.7 Å². The molecule has 0 atom stereocenters. The van der Waals surface area contributed by atoms with Gasteiger partial charge in [0.05, 0.1) is 11.1 Å². The molecular weight excluding hydrogens is 462 g/mol. The molecular formula is C27H23N3O6. The first-order valence-electron chi connectivity index (χ1n) is 11.0. The van der Waals surface area contributed by atoms with Crippen molar-refractivity contribution in [2.75, 3.05) is 0 Å². The minimum atomic E-state index is -0.519. The molecule has 9 nitrogen and oxygen atoms in total. The number of hydrogen-bond donors (Lipinski definition) is 2. The minimum absolute atomic E-state index is 0.145. The van der Waals surface area contributed by atoms with Crippen molar-refractivity contribution < 1.29 is 29.3 Å². The van der Waals surface area contributed by atoms with Crippen LogP contribution in [0.5, 0.6) is 23.0 Å². The number of carbonyl (C=O) groups excluding carboxylic acids is 2. The second-order valence-corrected chi connectivity index (χ2v) is 8.10.